The minimum Gasteiger partial charge on any atom is -0.456 e. The summed E-state index contributed by atoms with van der Waals surface area (Å²) in [5.74, 6) is 1.95. The van der Waals surface area contributed by atoms with E-state index in [4.69, 9.17) is 4.74 Å². The highest BCUT2D eigenvalue weighted by Crippen LogP contribution is 2.66. The number of hydrogen-bond acceptors (Lipinski definition) is 2. The van der Waals surface area contributed by atoms with E-state index in [1.54, 1.807) is 12.5 Å². The van der Waals surface area contributed by atoms with Crippen molar-refractivity contribution in [3.63, 3.8) is 0 Å². The van der Waals surface area contributed by atoms with E-state index in [9.17, 15) is 4.79 Å². The van der Waals surface area contributed by atoms with Gasteiger partial charge in [0.05, 0.1) is 0 Å². The Kier molecular flexibility index (Phi) is 2.94. The average molecular weight is 274 g/mol. The third-order valence-electron chi connectivity index (χ3n) is 5.99. The molecule has 4 unspecified atom stereocenters. The maximum Gasteiger partial charge on any atom is 0.333 e. The Balaban J connectivity index is 1.88. The van der Waals surface area contributed by atoms with Gasteiger partial charge in [-0.05, 0) is 64.2 Å². The van der Waals surface area contributed by atoms with Gasteiger partial charge < -0.3 is 4.74 Å². The second-order valence-corrected chi connectivity index (χ2v) is 7.86. The van der Waals surface area contributed by atoms with Crippen molar-refractivity contribution >= 4 is 5.97 Å². The van der Waals surface area contributed by atoms with Crippen LogP contribution in [0, 0.1) is 23.2 Å². The number of esters is 1. The number of rotatable bonds is 3. The van der Waals surface area contributed by atoms with Crippen molar-refractivity contribution in [1.29, 1.82) is 0 Å². The van der Waals surface area contributed by atoms with E-state index in [1.165, 1.54) is 19.3 Å². The molecule has 3 rings (SSSR count). The summed E-state index contributed by atoms with van der Waals surface area (Å²) in [5.41, 5.74) is 1.90. The van der Waals surface area contributed by atoms with Gasteiger partial charge in [-0.2, -0.15) is 0 Å². The van der Waals surface area contributed by atoms with Crippen molar-refractivity contribution in [3.8, 4) is 0 Å². The molecule has 0 heterocycles. The molecule has 2 saturated carbocycles. The first kappa shape index (κ1) is 13.9. The fourth-order valence-electron chi connectivity index (χ4n) is 4.82. The normalized spacial score (nSPS) is 38.6. The molecule has 20 heavy (non-hydrogen) atoms. The maximum absolute atomic E-state index is 12.0. The SMILES string of the molecule is C=C(C)C(=O)OC(C)(C)C12CC(C)C=C3CC(C1)C3C2. The van der Waals surface area contributed by atoms with Crippen LogP contribution in [-0.4, -0.2) is 11.6 Å². The van der Waals surface area contributed by atoms with Crippen LogP contribution in [0.15, 0.2) is 23.8 Å². The molecule has 4 atom stereocenters. The Labute approximate surface area is 122 Å². The van der Waals surface area contributed by atoms with Crippen molar-refractivity contribution in [3.05, 3.63) is 23.8 Å². The topological polar surface area (TPSA) is 26.3 Å². The zero-order valence-electron chi connectivity index (χ0n) is 13.2. The zero-order valence-corrected chi connectivity index (χ0v) is 13.2. The molecule has 2 heteroatoms. The highest BCUT2D eigenvalue weighted by Gasteiger charge is 2.60. The smallest absolute Gasteiger partial charge is 0.333 e. The summed E-state index contributed by atoms with van der Waals surface area (Å²) in [6.07, 6.45) is 7.32. The number of carbonyl (C=O) groups excluding carboxylic acids is 1. The number of ether oxygens (including phenoxy) is 1. The van der Waals surface area contributed by atoms with Crippen LogP contribution in [0.25, 0.3) is 0 Å². The molecule has 0 spiro atoms. The molecule has 0 N–H and O–H groups in total. The molecule has 2 nitrogen and oxygen atoms in total. The molecule has 0 radical (unpaired) electrons. The van der Waals surface area contributed by atoms with Gasteiger partial charge in [0.2, 0.25) is 0 Å². The Morgan fingerprint density at radius 3 is 2.75 bits per heavy atom. The predicted octanol–water partition coefficient (Wildman–Crippen LogP) is 4.27. The lowest BCUT2D eigenvalue weighted by atomic mass is 9.65. The fraction of sp³-hybridized carbons (Fsp3) is 0.722. The van der Waals surface area contributed by atoms with Gasteiger partial charge >= 0.3 is 5.97 Å². The van der Waals surface area contributed by atoms with E-state index >= 15 is 0 Å². The minimum absolute atomic E-state index is 0.140. The Morgan fingerprint density at radius 2 is 2.10 bits per heavy atom. The molecular weight excluding hydrogens is 248 g/mol. The Bertz CT molecular complexity index is 500. The molecule has 2 bridgehead atoms. The fourth-order valence-corrected chi connectivity index (χ4v) is 4.82. The number of allylic oxidation sites excluding steroid dienone is 2. The Morgan fingerprint density at radius 1 is 1.40 bits per heavy atom. The third kappa shape index (κ3) is 1.88. The van der Waals surface area contributed by atoms with Gasteiger partial charge in [0.25, 0.3) is 0 Å². The van der Waals surface area contributed by atoms with E-state index in [2.05, 4.69) is 33.4 Å². The predicted molar refractivity (Wildman–Crippen MR) is 80.1 cm³/mol. The lowest BCUT2D eigenvalue weighted by molar-refractivity contribution is -0.168. The van der Waals surface area contributed by atoms with Gasteiger partial charge in [0, 0.05) is 11.0 Å². The molecule has 3 aliphatic rings. The van der Waals surface area contributed by atoms with Crippen LogP contribution in [0.2, 0.25) is 0 Å². The van der Waals surface area contributed by atoms with E-state index in [0.29, 0.717) is 11.5 Å². The van der Waals surface area contributed by atoms with Crippen LogP contribution in [0.3, 0.4) is 0 Å². The highest BCUT2D eigenvalue weighted by molar-refractivity contribution is 5.87. The largest absolute Gasteiger partial charge is 0.456 e. The summed E-state index contributed by atoms with van der Waals surface area (Å²) >= 11 is 0. The second-order valence-electron chi connectivity index (χ2n) is 7.86. The van der Waals surface area contributed by atoms with Crippen LogP contribution in [-0.2, 0) is 9.53 Å². The molecule has 0 saturated heterocycles. The average Bonchev–Trinajstić information content (AvgIpc) is 2.52. The minimum atomic E-state index is -0.405. The van der Waals surface area contributed by atoms with Crippen LogP contribution >= 0.6 is 0 Å². The van der Waals surface area contributed by atoms with Crippen molar-refractivity contribution in [2.45, 2.75) is 59.0 Å². The van der Waals surface area contributed by atoms with E-state index in [0.717, 1.165) is 18.3 Å². The van der Waals surface area contributed by atoms with Crippen molar-refractivity contribution < 1.29 is 9.53 Å². The monoisotopic (exact) mass is 274 g/mol. The summed E-state index contributed by atoms with van der Waals surface area (Å²) < 4.78 is 5.87. The van der Waals surface area contributed by atoms with Gasteiger partial charge in [0.1, 0.15) is 5.60 Å². The molecule has 3 aliphatic carbocycles. The van der Waals surface area contributed by atoms with Crippen molar-refractivity contribution in [2.24, 2.45) is 23.2 Å². The van der Waals surface area contributed by atoms with E-state index in [-0.39, 0.29) is 11.4 Å². The number of fused-ring (bicyclic) bond motifs is 1. The van der Waals surface area contributed by atoms with E-state index in [1.807, 2.05) is 0 Å². The van der Waals surface area contributed by atoms with Crippen LogP contribution in [0.4, 0.5) is 0 Å². The van der Waals surface area contributed by atoms with Crippen molar-refractivity contribution in [2.75, 3.05) is 0 Å². The van der Waals surface area contributed by atoms with Crippen LogP contribution in [0.5, 0.6) is 0 Å². The van der Waals surface area contributed by atoms with Gasteiger partial charge in [-0.25, -0.2) is 4.79 Å². The molecular formula is C18H26O2. The summed E-state index contributed by atoms with van der Waals surface area (Å²) in [7, 11) is 0. The van der Waals surface area contributed by atoms with Crippen LogP contribution in [0.1, 0.15) is 53.4 Å². The summed E-state index contributed by atoms with van der Waals surface area (Å²) in [4.78, 5) is 12.0. The van der Waals surface area contributed by atoms with Gasteiger partial charge in [-0.1, -0.05) is 25.2 Å². The van der Waals surface area contributed by atoms with E-state index < -0.39 is 5.60 Å². The molecule has 2 fully saturated rings. The van der Waals surface area contributed by atoms with Gasteiger partial charge in [-0.3, -0.25) is 0 Å². The van der Waals surface area contributed by atoms with Crippen molar-refractivity contribution in [1.82, 2.24) is 0 Å². The summed E-state index contributed by atoms with van der Waals surface area (Å²) in [5, 5.41) is 0. The first-order valence-corrected chi connectivity index (χ1v) is 7.83. The lowest BCUT2D eigenvalue weighted by Crippen LogP contribution is -2.46. The first-order chi connectivity index (χ1) is 9.24. The number of carbonyl (C=O) groups is 1. The van der Waals surface area contributed by atoms with Crippen LogP contribution < -0.4 is 0 Å². The zero-order chi connectivity index (χ0) is 14.7. The Hall–Kier alpha value is -1.05. The standard InChI is InChI=1S/C18H26O2/c1-11(2)16(19)20-17(4,5)18-8-12(3)6-13-7-14(9-18)15(13)10-18/h6,12,14-15H,1,7-10H2,2-5H3. The summed E-state index contributed by atoms with van der Waals surface area (Å²) in [6, 6.07) is 0. The highest BCUT2D eigenvalue weighted by atomic mass is 16.6. The van der Waals surface area contributed by atoms with Gasteiger partial charge in [0.15, 0.2) is 0 Å². The molecule has 0 aromatic rings. The lowest BCUT2D eigenvalue weighted by Gasteiger charge is -2.45. The summed E-state index contributed by atoms with van der Waals surface area (Å²) in [6.45, 7) is 12.0. The second kappa shape index (κ2) is 4.22. The quantitative estimate of drug-likeness (QED) is 0.436. The maximum atomic E-state index is 12.0. The molecule has 0 aliphatic heterocycles. The number of hydrogen-bond donors (Lipinski definition) is 0. The molecule has 110 valence electrons. The first-order valence-electron chi connectivity index (χ1n) is 7.83. The third-order valence-corrected chi connectivity index (χ3v) is 5.99. The molecule has 0 aromatic carbocycles. The molecule has 0 aromatic heterocycles. The van der Waals surface area contributed by atoms with Gasteiger partial charge in [-0.15, -0.1) is 0 Å². The molecule has 0 amide bonds.